The molecule has 208 valence electrons. The number of ether oxygens (including phenoxy) is 1. The standard InChI is InChI=1S/C42H29NO/c1-3-10-28(11-4-1)30-14-9-15-31(24-30)33-19-22-41-37(26-33)38-27-34(20-23-42(38)44-41)43-39-17-8-7-16-35(39)36-25-32(18-21-40(36)43)29-12-5-2-6-13-29/h1-21,23-27,41H,22H2. The van der Waals surface area contributed by atoms with E-state index in [0.29, 0.717) is 0 Å². The summed E-state index contributed by atoms with van der Waals surface area (Å²) in [5.41, 5.74) is 13.4. The summed E-state index contributed by atoms with van der Waals surface area (Å²) in [5.74, 6) is 0.963. The third-order valence-corrected chi connectivity index (χ3v) is 9.09. The van der Waals surface area contributed by atoms with Gasteiger partial charge in [0.25, 0.3) is 0 Å². The van der Waals surface area contributed by atoms with Gasteiger partial charge < -0.3 is 9.30 Å². The van der Waals surface area contributed by atoms with Crippen LogP contribution in [-0.4, -0.2) is 10.7 Å². The Kier molecular flexibility index (Phi) is 5.67. The summed E-state index contributed by atoms with van der Waals surface area (Å²) in [6, 6.07) is 52.3. The second-order valence-corrected chi connectivity index (χ2v) is 11.7. The van der Waals surface area contributed by atoms with Gasteiger partial charge in [-0.3, -0.25) is 0 Å². The molecule has 44 heavy (non-hydrogen) atoms. The molecule has 0 saturated carbocycles. The first-order chi connectivity index (χ1) is 21.8. The highest BCUT2D eigenvalue weighted by Gasteiger charge is 2.31. The molecule has 2 heterocycles. The third kappa shape index (κ3) is 4.03. The lowest BCUT2D eigenvalue weighted by molar-refractivity contribution is 0.279. The molecule has 1 aromatic heterocycles. The highest BCUT2D eigenvalue weighted by atomic mass is 16.5. The molecule has 0 fully saturated rings. The molecule has 2 aliphatic rings. The number of benzene rings is 6. The monoisotopic (exact) mass is 563 g/mol. The van der Waals surface area contributed by atoms with Gasteiger partial charge in [-0.15, -0.1) is 0 Å². The predicted octanol–water partition coefficient (Wildman–Crippen LogP) is 10.7. The fraction of sp³-hybridized carbons (Fsp3) is 0.0476. The van der Waals surface area contributed by atoms with Gasteiger partial charge in [-0.05, 0) is 81.9 Å². The Labute approximate surface area is 256 Å². The number of nitrogens with zero attached hydrogens (tertiary/aromatic N) is 1. The molecular formula is C42H29NO. The Morgan fingerprint density at radius 2 is 1.20 bits per heavy atom. The maximum Gasteiger partial charge on any atom is 0.128 e. The number of hydrogen-bond acceptors (Lipinski definition) is 1. The van der Waals surface area contributed by atoms with Crippen LogP contribution < -0.4 is 4.74 Å². The number of fused-ring (bicyclic) bond motifs is 6. The molecule has 1 atom stereocenters. The molecule has 2 nitrogen and oxygen atoms in total. The lowest BCUT2D eigenvalue weighted by atomic mass is 9.89. The van der Waals surface area contributed by atoms with Gasteiger partial charge in [0.05, 0.1) is 11.0 Å². The predicted molar refractivity (Wildman–Crippen MR) is 183 cm³/mol. The van der Waals surface area contributed by atoms with E-state index in [1.807, 2.05) is 0 Å². The zero-order valence-corrected chi connectivity index (χ0v) is 24.2. The molecule has 1 aliphatic heterocycles. The van der Waals surface area contributed by atoms with Crippen molar-refractivity contribution in [2.24, 2.45) is 0 Å². The van der Waals surface area contributed by atoms with E-state index >= 15 is 0 Å². The Bertz CT molecular complexity index is 2270. The van der Waals surface area contributed by atoms with Gasteiger partial charge in [0.15, 0.2) is 0 Å². The fourth-order valence-corrected chi connectivity index (χ4v) is 6.95. The summed E-state index contributed by atoms with van der Waals surface area (Å²) in [4.78, 5) is 0. The maximum atomic E-state index is 6.48. The average Bonchev–Trinajstić information content (AvgIpc) is 3.63. The fourth-order valence-electron chi connectivity index (χ4n) is 6.95. The van der Waals surface area contributed by atoms with Gasteiger partial charge in [-0.2, -0.15) is 0 Å². The van der Waals surface area contributed by atoms with Gasteiger partial charge >= 0.3 is 0 Å². The molecule has 0 radical (unpaired) electrons. The van der Waals surface area contributed by atoms with Crippen LogP contribution in [0.3, 0.4) is 0 Å². The molecule has 0 saturated heterocycles. The van der Waals surface area contributed by atoms with Crippen molar-refractivity contribution in [2.45, 2.75) is 12.5 Å². The Morgan fingerprint density at radius 3 is 2.02 bits per heavy atom. The normalized spacial score (nSPS) is 15.4. The Hall–Kier alpha value is -5.60. The molecule has 7 aromatic rings. The summed E-state index contributed by atoms with van der Waals surface area (Å²) in [6.07, 6.45) is 5.57. The molecule has 9 rings (SSSR count). The molecule has 0 N–H and O–H groups in total. The zero-order valence-electron chi connectivity index (χ0n) is 24.2. The highest BCUT2D eigenvalue weighted by Crippen LogP contribution is 2.45. The van der Waals surface area contributed by atoms with Crippen LogP contribution in [0, 0.1) is 0 Å². The van der Waals surface area contributed by atoms with Crippen molar-refractivity contribution in [1.82, 2.24) is 4.57 Å². The molecule has 1 unspecified atom stereocenters. The van der Waals surface area contributed by atoms with Crippen LogP contribution in [0.2, 0.25) is 0 Å². The number of allylic oxidation sites excluding steroid dienone is 2. The number of hydrogen-bond donors (Lipinski definition) is 0. The van der Waals surface area contributed by atoms with Crippen molar-refractivity contribution in [3.8, 4) is 33.7 Å². The molecule has 6 aromatic carbocycles. The minimum atomic E-state index is 0.0490. The van der Waals surface area contributed by atoms with Crippen molar-refractivity contribution in [2.75, 3.05) is 0 Å². The first-order valence-corrected chi connectivity index (χ1v) is 15.3. The van der Waals surface area contributed by atoms with E-state index in [4.69, 9.17) is 4.74 Å². The van der Waals surface area contributed by atoms with Crippen molar-refractivity contribution < 1.29 is 4.74 Å². The largest absolute Gasteiger partial charge is 0.485 e. The van der Waals surface area contributed by atoms with Crippen LogP contribution >= 0.6 is 0 Å². The summed E-state index contributed by atoms with van der Waals surface area (Å²) >= 11 is 0. The summed E-state index contributed by atoms with van der Waals surface area (Å²) in [7, 11) is 0. The lowest BCUT2D eigenvalue weighted by Gasteiger charge is -2.18. The molecule has 0 spiro atoms. The van der Waals surface area contributed by atoms with Gasteiger partial charge in [0.1, 0.15) is 11.9 Å². The lowest BCUT2D eigenvalue weighted by Crippen LogP contribution is -2.13. The molecule has 0 amide bonds. The third-order valence-electron chi connectivity index (χ3n) is 9.09. The number of rotatable bonds is 4. The molecule has 1 aliphatic carbocycles. The van der Waals surface area contributed by atoms with Crippen molar-refractivity contribution in [3.05, 3.63) is 169 Å². The van der Waals surface area contributed by atoms with Crippen molar-refractivity contribution >= 4 is 33.0 Å². The summed E-state index contributed by atoms with van der Waals surface area (Å²) in [6.45, 7) is 0. The minimum Gasteiger partial charge on any atom is -0.485 e. The van der Waals surface area contributed by atoms with Crippen LogP contribution in [0.5, 0.6) is 5.75 Å². The second-order valence-electron chi connectivity index (χ2n) is 11.7. The maximum absolute atomic E-state index is 6.48. The quantitative estimate of drug-likeness (QED) is 0.208. The van der Waals surface area contributed by atoms with E-state index in [1.165, 1.54) is 66.3 Å². The van der Waals surface area contributed by atoms with E-state index < -0.39 is 0 Å². The van der Waals surface area contributed by atoms with Crippen LogP contribution in [0.4, 0.5) is 0 Å². The van der Waals surface area contributed by atoms with Gasteiger partial charge in [0, 0.05) is 34.0 Å². The smallest absolute Gasteiger partial charge is 0.128 e. The summed E-state index contributed by atoms with van der Waals surface area (Å²) in [5, 5.41) is 2.52. The van der Waals surface area contributed by atoms with E-state index in [-0.39, 0.29) is 6.10 Å². The van der Waals surface area contributed by atoms with Crippen molar-refractivity contribution in [1.29, 1.82) is 0 Å². The molecular weight excluding hydrogens is 534 g/mol. The van der Waals surface area contributed by atoms with Gasteiger partial charge in [-0.1, -0.05) is 109 Å². The minimum absolute atomic E-state index is 0.0490. The highest BCUT2D eigenvalue weighted by molar-refractivity contribution is 6.10. The van der Waals surface area contributed by atoms with Crippen molar-refractivity contribution in [3.63, 3.8) is 0 Å². The molecule has 2 heteroatoms. The second kappa shape index (κ2) is 10.00. The SMILES string of the molecule is C1=C(c2cccc(-c3ccccc3)c2)C=C2c3cc(-n4c5ccccc5c5cc(-c6ccccc6)ccc54)ccc3OC2C1. The van der Waals surface area contributed by atoms with Gasteiger partial charge in [0.2, 0.25) is 0 Å². The van der Waals surface area contributed by atoms with E-state index in [0.717, 1.165) is 17.9 Å². The van der Waals surface area contributed by atoms with E-state index in [1.54, 1.807) is 0 Å². The zero-order chi connectivity index (χ0) is 29.0. The number of para-hydroxylation sites is 1. The first kappa shape index (κ1) is 24.9. The summed E-state index contributed by atoms with van der Waals surface area (Å²) < 4.78 is 8.88. The topological polar surface area (TPSA) is 14.2 Å². The van der Waals surface area contributed by atoms with Crippen LogP contribution in [-0.2, 0) is 0 Å². The first-order valence-electron chi connectivity index (χ1n) is 15.3. The van der Waals surface area contributed by atoms with E-state index in [2.05, 4.69) is 162 Å². The van der Waals surface area contributed by atoms with E-state index in [9.17, 15) is 0 Å². The Morgan fingerprint density at radius 1 is 0.523 bits per heavy atom. The van der Waals surface area contributed by atoms with Crippen LogP contribution in [0.25, 0.3) is 60.9 Å². The number of aromatic nitrogens is 1. The average molecular weight is 564 g/mol. The van der Waals surface area contributed by atoms with Crippen LogP contribution in [0.1, 0.15) is 17.5 Å². The van der Waals surface area contributed by atoms with Crippen LogP contribution in [0.15, 0.2) is 158 Å². The Balaban J connectivity index is 1.14. The van der Waals surface area contributed by atoms with Gasteiger partial charge in [-0.25, -0.2) is 0 Å². The molecule has 0 bridgehead atoms.